The van der Waals surface area contributed by atoms with Crippen LogP contribution < -0.4 is 0 Å². The molecule has 1 fully saturated rings. The molecule has 0 aromatic rings. The van der Waals surface area contributed by atoms with E-state index < -0.39 is 9.84 Å². The van der Waals surface area contributed by atoms with Gasteiger partial charge in [-0.1, -0.05) is 0 Å². The number of sulfone groups is 1. The molecule has 0 aliphatic heterocycles. The number of nitrogens with zero attached hydrogens (tertiary/aromatic N) is 1. The maximum atomic E-state index is 11.7. The Morgan fingerprint density at radius 3 is 2.29 bits per heavy atom. The first-order valence-electron chi connectivity index (χ1n) is 6.26. The van der Waals surface area contributed by atoms with Crippen LogP contribution in [0, 0.1) is 0 Å². The predicted molar refractivity (Wildman–Crippen MR) is 68.8 cm³/mol. The molecule has 5 heteroatoms. The lowest BCUT2D eigenvalue weighted by molar-refractivity contribution is -0.121. The number of carbonyl (C=O) groups excluding carboxylic acids is 1. The number of carbonyl (C=O) groups is 1. The third kappa shape index (κ3) is 4.39. The van der Waals surface area contributed by atoms with Crippen LogP contribution in [0.3, 0.4) is 0 Å². The Hall–Kier alpha value is -0.420. The van der Waals surface area contributed by atoms with Gasteiger partial charge in [-0.05, 0) is 33.7 Å². The van der Waals surface area contributed by atoms with E-state index in [0.717, 1.165) is 12.8 Å². The van der Waals surface area contributed by atoms with E-state index in [4.69, 9.17) is 0 Å². The predicted octanol–water partition coefficient (Wildman–Crippen LogP) is 1.25. The van der Waals surface area contributed by atoms with Crippen molar-refractivity contribution < 1.29 is 13.2 Å². The maximum absolute atomic E-state index is 11.7. The second-order valence-electron chi connectivity index (χ2n) is 5.17. The van der Waals surface area contributed by atoms with Crippen LogP contribution in [0.4, 0.5) is 0 Å². The van der Waals surface area contributed by atoms with Gasteiger partial charge in [0.15, 0.2) is 9.84 Å². The van der Waals surface area contributed by atoms with Gasteiger partial charge in [0.05, 0.1) is 11.0 Å². The van der Waals surface area contributed by atoms with Gasteiger partial charge in [-0.25, -0.2) is 8.42 Å². The first-order valence-corrected chi connectivity index (χ1v) is 7.98. The zero-order chi connectivity index (χ0) is 13.1. The molecule has 100 valence electrons. The van der Waals surface area contributed by atoms with Crippen molar-refractivity contribution in [1.82, 2.24) is 4.90 Å². The van der Waals surface area contributed by atoms with E-state index in [0.29, 0.717) is 31.2 Å². The molecule has 1 aliphatic rings. The molecule has 4 nitrogen and oxygen atoms in total. The van der Waals surface area contributed by atoms with Crippen LogP contribution in [-0.2, 0) is 14.6 Å². The first kappa shape index (κ1) is 14.6. The second kappa shape index (κ2) is 5.96. The van der Waals surface area contributed by atoms with Gasteiger partial charge >= 0.3 is 0 Å². The lowest BCUT2D eigenvalue weighted by Crippen LogP contribution is -2.38. The summed E-state index contributed by atoms with van der Waals surface area (Å²) < 4.78 is 23.4. The highest BCUT2D eigenvalue weighted by Crippen LogP contribution is 2.19. The van der Waals surface area contributed by atoms with Crippen LogP contribution in [0.1, 0.15) is 39.5 Å². The molecule has 0 unspecified atom stereocenters. The Morgan fingerprint density at radius 2 is 1.82 bits per heavy atom. The summed E-state index contributed by atoms with van der Waals surface area (Å²) in [6.07, 6.45) is 3.03. The van der Waals surface area contributed by atoms with Crippen LogP contribution in [-0.4, -0.2) is 49.7 Å². The van der Waals surface area contributed by atoms with Crippen LogP contribution in [0.15, 0.2) is 0 Å². The van der Waals surface area contributed by atoms with Crippen molar-refractivity contribution in [3.63, 3.8) is 0 Å². The van der Waals surface area contributed by atoms with Crippen molar-refractivity contribution in [1.29, 1.82) is 0 Å². The van der Waals surface area contributed by atoms with E-state index in [2.05, 4.69) is 4.90 Å². The van der Waals surface area contributed by atoms with E-state index in [1.807, 2.05) is 7.05 Å². The fourth-order valence-corrected chi connectivity index (χ4v) is 3.07. The standard InChI is InChI=1S/C12H23NO3S/c1-10(2)17(15,16)9-8-13(3)11-4-6-12(14)7-5-11/h10-11H,4-9H2,1-3H3. The SMILES string of the molecule is CC(C)S(=O)(=O)CCN(C)C1CCC(=O)CC1. The van der Waals surface area contributed by atoms with Gasteiger partial charge in [0, 0.05) is 25.4 Å². The molecule has 0 saturated heterocycles. The number of hydrogen-bond donors (Lipinski definition) is 0. The number of Topliss-reactive ketones (excluding diaryl/α,β-unsaturated/α-hetero) is 1. The summed E-state index contributed by atoms with van der Waals surface area (Å²) in [5.74, 6) is 0.551. The lowest BCUT2D eigenvalue weighted by atomic mass is 9.93. The molecule has 1 aliphatic carbocycles. The second-order valence-corrected chi connectivity index (χ2v) is 7.84. The molecule has 1 saturated carbocycles. The summed E-state index contributed by atoms with van der Waals surface area (Å²) in [4.78, 5) is 13.2. The van der Waals surface area contributed by atoms with Crippen LogP contribution in [0.5, 0.6) is 0 Å². The zero-order valence-electron chi connectivity index (χ0n) is 11.0. The highest BCUT2D eigenvalue weighted by molar-refractivity contribution is 7.92. The Bertz CT molecular complexity index is 352. The molecular weight excluding hydrogens is 238 g/mol. The summed E-state index contributed by atoms with van der Waals surface area (Å²) in [6, 6.07) is 0.370. The topological polar surface area (TPSA) is 54.5 Å². The largest absolute Gasteiger partial charge is 0.302 e. The average molecular weight is 261 g/mol. The summed E-state index contributed by atoms with van der Waals surface area (Å²) in [5.41, 5.74) is 0. The summed E-state index contributed by atoms with van der Waals surface area (Å²) >= 11 is 0. The third-order valence-corrected chi connectivity index (χ3v) is 5.77. The van der Waals surface area contributed by atoms with Crippen molar-refractivity contribution in [2.24, 2.45) is 0 Å². The minimum atomic E-state index is -2.95. The highest BCUT2D eigenvalue weighted by Gasteiger charge is 2.24. The minimum Gasteiger partial charge on any atom is -0.302 e. The Morgan fingerprint density at radius 1 is 1.29 bits per heavy atom. The molecule has 0 bridgehead atoms. The minimum absolute atomic E-state index is 0.214. The number of ketones is 1. The number of hydrogen-bond acceptors (Lipinski definition) is 4. The molecule has 0 heterocycles. The van der Waals surface area contributed by atoms with Crippen molar-refractivity contribution in [3.8, 4) is 0 Å². The van der Waals surface area contributed by atoms with Crippen molar-refractivity contribution in [2.45, 2.75) is 50.8 Å². The Balaban J connectivity index is 2.40. The first-order chi connectivity index (χ1) is 7.83. The van der Waals surface area contributed by atoms with Crippen molar-refractivity contribution in [2.75, 3.05) is 19.3 Å². The molecule has 0 radical (unpaired) electrons. The molecule has 0 atom stereocenters. The zero-order valence-corrected chi connectivity index (χ0v) is 11.8. The fourth-order valence-electron chi connectivity index (χ4n) is 2.05. The monoisotopic (exact) mass is 261 g/mol. The van der Waals surface area contributed by atoms with E-state index in [1.54, 1.807) is 13.8 Å². The van der Waals surface area contributed by atoms with Gasteiger partial charge < -0.3 is 4.90 Å². The van der Waals surface area contributed by atoms with Gasteiger partial charge in [-0.2, -0.15) is 0 Å². The molecule has 0 spiro atoms. The molecule has 1 rings (SSSR count). The average Bonchev–Trinajstić information content (AvgIpc) is 2.27. The van der Waals surface area contributed by atoms with E-state index in [-0.39, 0.29) is 11.0 Å². The van der Waals surface area contributed by atoms with Gasteiger partial charge in [-0.3, -0.25) is 4.79 Å². The van der Waals surface area contributed by atoms with Gasteiger partial charge in [0.1, 0.15) is 5.78 Å². The Kier molecular flexibility index (Phi) is 5.13. The summed E-state index contributed by atoms with van der Waals surface area (Å²) in [5, 5.41) is -0.302. The van der Waals surface area contributed by atoms with Crippen LogP contribution in [0.2, 0.25) is 0 Å². The lowest BCUT2D eigenvalue weighted by Gasteiger charge is -2.30. The molecule has 17 heavy (non-hydrogen) atoms. The molecule has 0 aromatic heterocycles. The van der Waals surface area contributed by atoms with E-state index in [9.17, 15) is 13.2 Å². The number of rotatable bonds is 5. The van der Waals surface area contributed by atoms with Crippen LogP contribution >= 0.6 is 0 Å². The van der Waals surface area contributed by atoms with Gasteiger partial charge in [-0.15, -0.1) is 0 Å². The van der Waals surface area contributed by atoms with Crippen molar-refractivity contribution >= 4 is 15.6 Å². The molecular formula is C12H23NO3S. The smallest absolute Gasteiger partial charge is 0.153 e. The fraction of sp³-hybridized carbons (Fsp3) is 0.917. The van der Waals surface area contributed by atoms with Gasteiger partial charge in [0.2, 0.25) is 0 Å². The van der Waals surface area contributed by atoms with E-state index >= 15 is 0 Å². The Labute approximate surface area is 104 Å². The third-order valence-electron chi connectivity index (χ3n) is 3.58. The molecule has 0 amide bonds. The normalized spacial score (nSPS) is 19.2. The van der Waals surface area contributed by atoms with E-state index in [1.165, 1.54) is 0 Å². The summed E-state index contributed by atoms with van der Waals surface area (Å²) in [7, 11) is -0.997. The molecule has 0 aromatic carbocycles. The van der Waals surface area contributed by atoms with Crippen molar-refractivity contribution in [3.05, 3.63) is 0 Å². The molecule has 0 N–H and O–H groups in total. The summed E-state index contributed by atoms with van der Waals surface area (Å²) in [6.45, 7) is 4.00. The maximum Gasteiger partial charge on any atom is 0.153 e. The highest BCUT2D eigenvalue weighted by atomic mass is 32.2. The van der Waals surface area contributed by atoms with Gasteiger partial charge in [0.25, 0.3) is 0 Å². The quantitative estimate of drug-likeness (QED) is 0.747. The van der Waals surface area contributed by atoms with Crippen LogP contribution in [0.25, 0.3) is 0 Å².